The molecular weight excluding hydrogens is 113 g/mol. The summed E-state index contributed by atoms with van der Waals surface area (Å²) in [5.41, 5.74) is -0.0532. The normalized spacial score (nSPS) is 7.50. The van der Waals surface area contributed by atoms with Gasteiger partial charge in [0.2, 0.25) is 5.56 Å². The molecule has 0 unspecified atom stereocenters. The van der Waals surface area contributed by atoms with E-state index >= 15 is 0 Å². The predicted molar refractivity (Wildman–Crippen MR) is 32.8 cm³/mol. The Balaban J connectivity index is 0.000000490. The number of pyridine rings is 1. The molecule has 0 atom stereocenters. The third-order valence-corrected chi connectivity index (χ3v) is 0.681. The van der Waals surface area contributed by atoms with Crippen LogP contribution >= 0.6 is 0 Å². The van der Waals surface area contributed by atoms with Crippen LogP contribution in [-0.2, 0) is 0 Å². The van der Waals surface area contributed by atoms with Crippen molar-refractivity contribution in [3.8, 4) is 0 Å². The van der Waals surface area contributed by atoms with E-state index in [4.69, 9.17) is 0 Å². The molecular formula is C5H5NNaO. The Morgan fingerprint density at radius 3 is 2.38 bits per heavy atom. The van der Waals surface area contributed by atoms with E-state index in [9.17, 15) is 4.79 Å². The summed E-state index contributed by atoms with van der Waals surface area (Å²) in [6, 6.07) is 4.93. The number of hydrogen-bond donors (Lipinski definition) is 1. The summed E-state index contributed by atoms with van der Waals surface area (Å²) in [6.45, 7) is 0. The van der Waals surface area contributed by atoms with Gasteiger partial charge in [0.15, 0.2) is 0 Å². The first-order valence-corrected chi connectivity index (χ1v) is 2.03. The first-order valence-electron chi connectivity index (χ1n) is 2.03. The summed E-state index contributed by atoms with van der Waals surface area (Å²) in [6.07, 6.45) is 1.60. The van der Waals surface area contributed by atoms with Gasteiger partial charge in [-0.1, -0.05) is 6.07 Å². The van der Waals surface area contributed by atoms with Crippen LogP contribution in [0.25, 0.3) is 0 Å². The van der Waals surface area contributed by atoms with E-state index in [1.165, 1.54) is 6.07 Å². The van der Waals surface area contributed by atoms with Crippen LogP contribution in [-0.4, -0.2) is 34.5 Å². The summed E-state index contributed by atoms with van der Waals surface area (Å²) in [4.78, 5) is 12.7. The summed E-state index contributed by atoms with van der Waals surface area (Å²) in [7, 11) is 0. The molecule has 0 fully saturated rings. The third kappa shape index (κ3) is 2.31. The fourth-order valence-electron chi connectivity index (χ4n) is 0.377. The van der Waals surface area contributed by atoms with E-state index in [0.717, 1.165) is 0 Å². The van der Waals surface area contributed by atoms with E-state index in [0.29, 0.717) is 0 Å². The van der Waals surface area contributed by atoms with Crippen LogP contribution in [0.1, 0.15) is 0 Å². The SMILES string of the molecule is O=c1cccc[nH]1.[Na]. The van der Waals surface area contributed by atoms with Crippen LogP contribution < -0.4 is 5.56 Å². The molecule has 3 heteroatoms. The summed E-state index contributed by atoms with van der Waals surface area (Å²) in [5.74, 6) is 0. The van der Waals surface area contributed by atoms with Gasteiger partial charge in [0.05, 0.1) is 0 Å². The molecule has 1 radical (unpaired) electrons. The van der Waals surface area contributed by atoms with Crippen LogP contribution in [0.4, 0.5) is 0 Å². The van der Waals surface area contributed by atoms with Crippen molar-refractivity contribution in [2.75, 3.05) is 0 Å². The zero-order chi connectivity index (χ0) is 5.11. The average Bonchev–Trinajstić information content (AvgIpc) is 1.69. The molecule has 37 valence electrons. The third-order valence-electron chi connectivity index (χ3n) is 0.681. The zero-order valence-corrected chi connectivity index (χ0v) is 6.72. The number of hydrogen-bond acceptors (Lipinski definition) is 1. The summed E-state index contributed by atoms with van der Waals surface area (Å²) in [5, 5.41) is 0. The molecule has 0 amide bonds. The van der Waals surface area contributed by atoms with Crippen LogP contribution in [0, 0.1) is 0 Å². The van der Waals surface area contributed by atoms with Crippen LogP contribution in [0.15, 0.2) is 29.2 Å². The zero-order valence-electron chi connectivity index (χ0n) is 4.72. The van der Waals surface area contributed by atoms with Crippen molar-refractivity contribution in [3.05, 3.63) is 34.7 Å². The van der Waals surface area contributed by atoms with Crippen molar-refractivity contribution < 1.29 is 0 Å². The van der Waals surface area contributed by atoms with Crippen LogP contribution in [0.5, 0.6) is 0 Å². The second-order valence-electron chi connectivity index (χ2n) is 1.23. The van der Waals surface area contributed by atoms with Crippen molar-refractivity contribution in [2.24, 2.45) is 0 Å². The molecule has 1 heterocycles. The first kappa shape index (κ1) is 7.95. The number of nitrogens with one attached hydrogen (secondary N) is 1. The Hall–Kier alpha value is -0.0500. The summed E-state index contributed by atoms with van der Waals surface area (Å²) >= 11 is 0. The molecule has 8 heavy (non-hydrogen) atoms. The fourth-order valence-corrected chi connectivity index (χ4v) is 0.377. The van der Waals surface area contributed by atoms with Gasteiger partial charge in [-0.05, 0) is 6.07 Å². The average molecular weight is 118 g/mol. The molecule has 0 saturated heterocycles. The number of H-pyrrole nitrogens is 1. The Morgan fingerprint density at radius 2 is 2.12 bits per heavy atom. The van der Waals surface area contributed by atoms with Gasteiger partial charge in [-0.25, -0.2) is 0 Å². The quantitative estimate of drug-likeness (QED) is 0.477. The van der Waals surface area contributed by atoms with Crippen molar-refractivity contribution in [3.63, 3.8) is 0 Å². The molecule has 1 rings (SSSR count). The Kier molecular flexibility index (Phi) is 3.87. The van der Waals surface area contributed by atoms with Gasteiger partial charge in [0.25, 0.3) is 0 Å². The minimum Gasteiger partial charge on any atom is -0.329 e. The molecule has 0 aromatic carbocycles. The maximum atomic E-state index is 10.2. The van der Waals surface area contributed by atoms with E-state index in [1.807, 2.05) is 0 Å². The monoisotopic (exact) mass is 118 g/mol. The van der Waals surface area contributed by atoms with Crippen LogP contribution in [0.3, 0.4) is 0 Å². The van der Waals surface area contributed by atoms with Gasteiger partial charge >= 0.3 is 0 Å². The number of rotatable bonds is 0. The molecule has 1 aromatic heterocycles. The van der Waals surface area contributed by atoms with E-state index in [1.54, 1.807) is 18.3 Å². The number of aromatic amines is 1. The topological polar surface area (TPSA) is 32.9 Å². The number of aromatic nitrogens is 1. The fraction of sp³-hybridized carbons (Fsp3) is 0. The Bertz CT molecular complexity index is 178. The van der Waals surface area contributed by atoms with Gasteiger partial charge < -0.3 is 4.98 Å². The van der Waals surface area contributed by atoms with Crippen molar-refractivity contribution in [1.82, 2.24) is 4.98 Å². The smallest absolute Gasteiger partial charge is 0.247 e. The molecule has 0 bridgehead atoms. The minimum atomic E-state index is -0.0532. The molecule has 0 aliphatic heterocycles. The predicted octanol–water partition coefficient (Wildman–Crippen LogP) is -0.00590. The second kappa shape index (κ2) is 3.89. The largest absolute Gasteiger partial charge is 0.329 e. The minimum absolute atomic E-state index is 0. The maximum absolute atomic E-state index is 10.2. The molecule has 1 N–H and O–H groups in total. The van der Waals surface area contributed by atoms with E-state index in [-0.39, 0.29) is 35.1 Å². The van der Waals surface area contributed by atoms with Gasteiger partial charge in [0.1, 0.15) is 0 Å². The second-order valence-corrected chi connectivity index (χ2v) is 1.23. The molecule has 2 nitrogen and oxygen atoms in total. The van der Waals surface area contributed by atoms with Gasteiger partial charge in [-0.3, -0.25) is 4.79 Å². The van der Waals surface area contributed by atoms with Gasteiger partial charge in [-0.2, -0.15) is 0 Å². The van der Waals surface area contributed by atoms with Crippen LogP contribution in [0.2, 0.25) is 0 Å². The van der Waals surface area contributed by atoms with Gasteiger partial charge in [-0.15, -0.1) is 0 Å². The van der Waals surface area contributed by atoms with Gasteiger partial charge in [0, 0.05) is 41.8 Å². The van der Waals surface area contributed by atoms with Crippen molar-refractivity contribution in [2.45, 2.75) is 0 Å². The Morgan fingerprint density at radius 1 is 1.38 bits per heavy atom. The van der Waals surface area contributed by atoms with E-state index < -0.39 is 0 Å². The molecule has 1 aromatic rings. The van der Waals surface area contributed by atoms with Crippen molar-refractivity contribution in [1.29, 1.82) is 0 Å². The molecule has 0 aliphatic carbocycles. The standard InChI is InChI=1S/C5H5NO.Na/c7-5-3-1-2-4-6-5;/h1-4H,(H,6,7);. The molecule has 0 spiro atoms. The summed E-state index contributed by atoms with van der Waals surface area (Å²) < 4.78 is 0. The van der Waals surface area contributed by atoms with Crippen molar-refractivity contribution >= 4 is 29.6 Å². The molecule has 0 aliphatic rings. The van der Waals surface area contributed by atoms with E-state index in [2.05, 4.69) is 4.98 Å². The first-order chi connectivity index (χ1) is 3.39. The maximum Gasteiger partial charge on any atom is 0.247 e. The Labute approximate surface area is 69.2 Å². The molecule has 0 saturated carbocycles.